The fourth-order valence-corrected chi connectivity index (χ4v) is 17.8. The summed E-state index contributed by atoms with van der Waals surface area (Å²) in [5.41, 5.74) is 13.3. The Morgan fingerprint density at radius 1 is 0.471 bits per heavy atom. The van der Waals surface area contributed by atoms with E-state index in [2.05, 4.69) is 242 Å². The number of benzene rings is 11. The number of aromatic nitrogens is 4. The third-order valence-electron chi connectivity index (χ3n) is 16.7. The average Bonchev–Trinajstić information content (AvgIpc) is 1.70. The van der Waals surface area contributed by atoms with Gasteiger partial charge in [-0.1, -0.05) is 239 Å². The fraction of sp³-hybridized carbons (Fsp3) is 0.0769. The number of ether oxygens (including phenoxy) is 1. The molecule has 0 bridgehead atoms. The maximum Gasteiger partial charge on any atom is 0.268 e. The summed E-state index contributed by atoms with van der Waals surface area (Å²) in [6, 6.07) is 94.5. The van der Waals surface area contributed by atoms with Crippen molar-refractivity contribution in [2.24, 2.45) is 0 Å². The Morgan fingerprint density at radius 3 is 1.69 bits per heavy atom. The summed E-state index contributed by atoms with van der Waals surface area (Å²) >= 11 is 0. The molecule has 0 aliphatic carbocycles. The van der Waals surface area contributed by atoms with E-state index in [1.165, 1.54) is 33.4 Å². The third kappa shape index (κ3) is 8.85. The van der Waals surface area contributed by atoms with Crippen molar-refractivity contribution in [1.82, 2.24) is 14.1 Å². The summed E-state index contributed by atoms with van der Waals surface area (Å²) in [6.07, 6.45) is 5.37. The zero-order chi connectivity index (χ0) is 61.7. The van der Waals surface area contributed by atoms with Crippen LogP contribution in [0.4, 0.5) is 0 Å². The van der Waals surface area contributed by atoms with Crippen LogP contribution in [0.5, 0.6) is 11.5 Å². The molecule has 0 saturated carbocycles. The van der Waals surface area contributed by atoms with Crippen LogP contribution in [-0.2, 0) is 26.5 Å². The second kappa shape index (κ2) is 21.3. The van der Waals surface area contributed by atoms with Gasteiger partial charge in [-0.3, -0.25) is 4.57 Å². The Hall–Kier alpha value is -9.45. The second-order valence-electron chi connectivity index (χ2n) is 22.6. The summed E-state index contributed by atoms with van der Waals surface area (Å²) in [7, 11) is -3.04. The molecule has 0 fully saturated rings. The number of hydrogen-bond acceptors (Lipinski definition) is 2. The van der Waals surface area contributed by atoms with Gasteiger partial charge in [0.05, 0.1) is 16.7 Å². The van der Waals surface area contributed by atoms with Crippen LogP contribution in [0.3, 0.4) is 0 Å². The van der Waals surface area contributed by atoms with Gasteiger partial charge in [0.1, 0.15) is 5.82 Å². The maximum absolute atomic E-state index is 8.96. The molecule has 0 unspecified atom stereocenters. The topological polar surface area (TPSA) is 35.9 Å². The van der Waals surface area contributed by atoms with E-state index in [1.807, 2.05) is 34.9 Å². The van der Waals surface area contributed by atoms with Crippen LogP contribution in [0.25, 0.3) is 94.5 Å². The number of para-hydroxylation sites is 2. The van der Waals surface area contributed by atoms with E-state index in [0.717, 1.165) is 71.6 Å². The second-order valence-corrected chi connectivity index (χ2v) is 26.4. The molecule has 412 valence electrons. The van der Waals surface area contributed by atoms with E-state index in [9.17, 15) is 0 Å². The van der Waals surface area contributed by atoms with E-state index >= 15 is 0 Å². The van der Waals surface area contributed by atoms with Crippen molar-refractivity contribution in [1.29, 1.82) is 0 Å². The Balaban J connectivity index is 0.00000721. The SMILES string of the molecule is [2H]C([2H])([2H])c1ccccc1-c1cnc(-n2c3[c-]c(Oc4[c-]c(-n5[c-][n+]6c7c(cccc75)-c5ccccc5-c5ccccc5-c5cccc(C(C)(C)C)c5-6)ccc4)ccc3c3cc([Si](c4ccccc4)(c4ccccc4)c4ccccc4)ccc32)cc1C([2H])([2H])[2H].[Pt]. The maximum atomic E-state index is 8.96. The molecule has 0 amide bonds. The van der Waals surface area contributed by atoms with Crippen molar-refractivity contribution in [2.75, 3.05) is 0 Å². The zero-order valence-corrected chi connectivity index (χ0v) is 50.1. The molecular formula is C78H58N4OPtSi-2. The van der Waals surface area contributed by atoms with Crippen molar-refractivity contribution in [2.45, 2.75) is 39.9 Å². The predicted octanol–water partition coefficient (Wildman–Crippen LogP) is 15.9. The van der Waals surface area contributed by atoms with Gasteiger partial charge in [0.15, 0.2) is 8.07 Å². The van der Waals surface area contributed by atoms with E-state index in [4.69, 9.17) is 17.9 Å². The molecule has 4 heterocycles. The van der Waals surface area contributed by atoms with Gasteiger partial charge in [-0.15, -0.1) is 29.7 Å². The normalized spacial score (nSPS) is 13.3. The monoisotopic (exact) mass is 1300 g/mol. The van der Waals surface area contributed by atoms with Crippen LogP contribution in [0.2, 0.25) is 0 Å². The van der Waals surface area contributed by atoms with Crippen molar-refractivity contribution < 1.29 is 38.6 Å². The van der Waals surface area contributed by atoms with Gasteiger partial charge < -0.3 is 13.9 Å². The van der Waals surface area contributed by atoms with Gasteiger partial charge in [0, 0.05) is 58.1 Å². The molecule has 11 aromatic carbocycles. The first kappa shape index (κ1) is 47.0. The molecule has 5 nitrogen and oxygen atoms in total. The average molecular weight is 1300 g/mol. The number of rotatable bonds is 9. The molecule has 7 heteroatoms. The van der Waals surface area contributed by atoms with E-state index in [0.29, 0.717) is 28.5 Å². The minimum absolute atomic E-state index is 0. The molecule has 0 radical (unpaired) electrons. The number of aryl methyl sites for hydroxylation is 2. The molecule has 1 aliphatic rings. The van der Waals surface area contributed by atoms with Crippen molar-refractivity contribution in [3.05, 3.63) is 296 Å². The molecule has 3 aromatic heterocycles. The molecule has 14 aromatic rings. The summed E-state index contributed by atoms with van der Waals surface area (Å²) < 4.78 is 65.3. The largest absolute Gasteiger partial charge is 0.510 e. The summed E-state index contributed by atoms with van der Waals surface area (Å²) in [5, 5.41) is 6.53. The smallest absolute Gasteiger partial charge is 0.268 e. The Kier molecular flexibility index (Phi) is 11.8. The van der Waals surface area contributed by atoms with Crippen molar-refractivity contribution in [3.63, 3.8) is 0 Å². The predicted molar refractivity (Wildman–Crippen MR) is 347 cm³/mol. The number of hydrogen-bond donors (Lipinski definition) is 0. The number of nitrogens with zero attached hydrogens (tertiary/aromatic N) is 4. The van der Waals surface area contributed by atoms with Gasteiger partial charge in [0.25, 0.3) is 6.33 Å². The van der Waals surface area contributed by atoms with Crippen LogP contribution >= 0.6 is 0 Å². The number of imidazole rings is 1. The summed E-state index contributed by atoms with van der Waals surface area (Å²) in [4.78, 5) is 5.05. The Morgan fingerprint density at radius 2 is 1.04 bits per heavy atom. The van der Waals surface area contributed by atoms with Crippen LogP contribution < -0.4 is 30.1 Å². The first-order valence-corrected chi connectivity index (χ1v) is 30.4. The minimum Gasteiger partial charge on any atom is -0.510 e. The van der Waals surface area contributed by atoms with E-state index < -0.39 is 21.8 Å². The van der Waals surface area contributed by atoms with Gasteiger partial charge in [-0.2, -0.15) is 18.2 Å². The van der Waals surface area contributed by atoms with Gasteiger partial charge in [-0.05, 0) is 119 Å². The van der Waals surface area contributed by atoms with Crippen LogP contribution in [0.1, 0.15) is 45.7 Å². The molecule has 15 rings (SSSR count). The van der Waals surface area contributed by atoms with Crippen LogP contribution in [0.15, 0.2) is 261 Å². The van der Waals surface area contributed by atoms with Gasteiger partial charge >= 0.3 is 0 Å². The first-order chi connectivity index (χ1) is 43.6. The first-order valence-electron chi connectivity index (χ1n) is 31.4. The molecule has 0 spiro atoms. The molecule has 0 N–H and O–H groups in total. The Labute approximate surface area is 520 Å². The van der Waals surface area contributed by atoms with Crippen LogP contribution in [0, 0.1) is 32.2 Å². The molecule has 0 saturated heterocycles. The van der Waals surface area contributed by atoms with E-state index in [-0.39, 0.29) is 48.7 Å². The van der Waals surface area contributed by atoms with Crippen molar-refractivity contribution in [3.8, 4) is 73.2 Å². The zero-order valence-electron chi connectivity index (χ0n) is 52.8. The molecule has 0 atom stereocenters. The standard InChI is InChI=1S/C78H58N4OSi.Pt/c1-52-24-15-16-33-61(52)70-50-79-75(46-53(70)2)82-72-45-43-60(84(57-27-9-6-10-28-57,58-29-11-7-12-30-58)59-31-13-8-14-32-59)49-69(72)66-44-42-56(48-74(66)82)83-55-26-21-25-54(47-55)80-51-81-76-67(38-22-40-71(76)78(3,4)5)64-36-19-17-34-62(64)63-35-18-20-37-65(63)68-39-23-41-73(80)77(68)81;/h6-46,49-50H,1-5H3;/q-2;/i1D3,2D3;. The molecule has 85 heavy (non-hydrogen) atoms. The Bertz CT molecular complexity index is 5040. The fourth-order valence-electron chi connectivity index (χ4n) is 13.0. The molecular weight excluding hydrogens is 1230 g/mol. The van der Waals surface area contributed by atoms with E-state index in [1.54, 1.807) is 24.3 Å². The minimum atomic E-state index is -3.04. The summed E-state index contributed by atoms with van der Waals surface area (Å²) in [5.74, 6) is 1.14. The summed E-state index contributed by atoms with van der Waals surface area (Å²) in [6.45, 7) is 1.60. The van der Waals surface area contributed by atoms with Crippen molar-refractivity contribution >= 4 is 61.7 Å². The third-order valence-corrected chi connectivity index (χ3v) is 21.5. The number of fused-ring (bicyclic) bond motifs is 10. The molecule has 1 aliphatic heterocycles. The van der Waals surface area contributed by atoms with Gasteiger partial charge in [0.2, 0.25) is 0 Å². The van der Waals surface area contributed by atoms with Crippen LogP contribution in [-0.4, -0.2) is 22.2 Å². The van der Waals surface area contributed by atoms with Gasteiger partial charge in [-0.25, -0.2) is 4.98 Å². The quantitative estimate of drug-likeness (QED) is 0.0625. The number of pyridine rings is 1.